The Hall–Kier alpha value is -5.24. The fourth-order valence-electron chi connectivity index (χ4n) is 4.69. The lowest BCUT2D eigenvalue weighted by Crippen LogP contribution is -2.31. The summed E-state index contributed by atoms with van der Waals surface area (Å²) in [6, 6.07) is 13.9. The Morgan fingerprint density at radius 3 is 1.25 bits per heavy atom. The summed E-state index contributed by atoms with van der Waals surface area (Å²) in [6.45, 7) is 1.30. The molecule has 0 fully saturated rings. The van der Waals surface area contributed by atoms with E-state index in [1.54, 1.807) is 18.2 Å². The van der Waals surface area contributed by atoms with Crippen molar-refractivity contribution in [1.29, 1.82) is 26.3 Å². The van der Waals surface area contributed by atoms with Gasteiger partial charge in [0.2, 0.25) is 5.82 Å². The molecule has 4 rings (SSSR count). The minimum absolute atomic E-state index is 0.0718. The summed E-state index contributed by atoms with van der Waals surface area (Å²) < 4.78 is 71.7. The Labute approximate surface area is 200 Å². The molecule has 0 bridgehead atoms. The third kappa shape index (κ3) is 2.94. The van der Waals surface area contributed by atoms with Gasteiger partial charge in [0, 0.05) is 11.0 Å². The minimum Gasteiger partial charge on any atom is -0.203 e. The van der Waals surface area contributed by atoms with Crippen LogP contribution < -0.4 is 0 Å². The van der Waals surface area contributed by atoms with E-state index in [-0.39, 0.29) is 44.5 Å². The predicted molar refractivity (Wildman–Crippen MR) is 112 cm³/mol. The van der Waals surface area contributed by atoms with Gasteiger partial charge in [0.05, 0.1) is 34.2 Å². The molecule has 0 N–H and O–H groups in total. The molecule has 3 aromatic carbocycles. The number of halogens is 5. The van der Waals surface area contributed by atoms with E-state index in [2.05, 4.69) is 0 Å². The molecule has 3 aromatic rings. The van der Waals surface area contributed by atoms with E-state index in [1.807, 2.05) is 12.1 Å². The van der Waals surface area contributed by atoms with Crippen LogP contribution >= 0.6 is 0 Å². The Balaban J connectivity index is 2.20. The van der Waals surface area contributed by atoms with Crippen molar-refractivity contribution in [3.05, 3.63) is 92.3 Å². The Morgan fingerprint density at radius 1 is 0.583 bits per heavy atom. The molecule has 0 heterocycles. The van der Waals surface area contributed by atoms with Crippen LogP contribution in [-0.2, 0) is 5.41 Å². The third-order valence-electron chi connectivity index (χ3n) is 6.45. The number of hydrogen-bond donors (Lipinski definition) is 0. The molecule has 1 aliphatic carbocycles. The fraction of sp³-hybridized carbons (Fsp3) is 0.115. The second-order valence-electron chi connectivity index (χ2n) is 8.08. The van der Waals surface area contributed by atoms with Crippen molar-refractivity contribution in [3.8, 4) is 41.5 Å². The van der Waals surface area contributed by atoms with Gasteiger partial charge in [-0.2, -0.15) is 26.3 Å². The molecule has 0 saturated heterocycles. The summed E-state index contributed by atoms with van der Waals surface area (Å²) >= 11 is 0. The van der Waals surface area contributed by atoms with Crippen LogP contribution in [0.5, 0.6) is 0 Å². The van der Waals surface area contributed by atoms with Gasteiger partial charge >= 0.3 is 0 Å². The highest BCUT2D eigenvalue weighted by Gasteiger charge is 2.50. The van der Waals surface area contributed by atoms with Crippen LogP contribution in [0.15, 0.2) is 24.3 Å². The fourth-order valence-corrected chi connectivity index (χ4v) is 4.69. The zero-order valence-electron chi connectivity index (χ0n) is 18.0. The average molecular weight is 485 g/mol. The summed E-state index contributed by atoms with van der Waals surface area (Å²) in [5.41, 5.74) is -3.20. The summed E-state index contributed by atoms with van der Waals surface area (Å²) in [5, 5.41) is 48.0. The molecule has 172 valence electrons. The molecular formula is C26H8F5N5. The largest absolute Gasteiger partial charge is 0.203 e. The van der Waals surface area contributed by atoms with Gasteiger partial charge in [0.15, 0.2) is 23.3 Å². The molecule has 36 heavy (non-hydrogen) atoms. The predicted octanol–water partition coefficient (Wildman–Crippen LogP) is 5.46. The van der Waals surface area contributed by atoms with E-state index < -0.39 is 46.0 Å². The lowest BCUT2D eigenvalue weighted by atomic mass is 9.67. The summed E-state index contributed by atoms with van der Waals surface area (Å²) in [6.07, 6.45) is 0. The molecule has 10 heteroatoms. The van der Waals surface area contributed by atoms with Crippen molar-refractivity contribution in [2.24, 2.45) is 0 Å². The second-order valence-corrected chi connectivity index (χ2v) is 8.08. The summed E-state index contributed by atoms with van der Waals surface area (Å²) in [7, 11) is 0. The second kappa shape index (κ2) is 8.21. The number of hydrogen-bond acceptors (Lipinski definition) is 5. The van der Waals surface area contributed by atoms with Crippen LogP contribution in [0.3, 0.4) is 0 Å². The molecule has 0 saturated carbocycles. The first-order valence-electron chi connectivity index (χ1n) is 9.99. The molecule has 1 unspecified atom stereocenters. The molecule has 1 aliphatic rings. The molecule has 0 radical (unpaired) electrons. The zero-order chi connectivity index (χ0) is 26.5. The van der Waals surface area contributed by atoms with E-state index in [0.717, 1.165) is 0 Å². The maximum Gasteiger partial charge on any atom is 0.200 e. The van der Waals surface area contributed by atoms with E-state index in [9.17, 15) is 48.3 Å². The van der Waals surface area contributed by atoms with E-state index >= 15 is 0 Å². The highest BCUT2D eigenvalue weighted by Crippen LogP contribution is 2.57. The Kier molecular flexibility index (Phi) is 5.45. The van der Waals surface area contributed by atoms with Gasteiger partial charge in [-0.25, -0.2) is 22.0 Å². The van der Waals surface area contributed by atoms with Gasteiger partial charge in [-0.15, -0.1) is 0 Å². The average Bonchev–Trinajstić information content (AvgIpc) is 3.13. The normalized spacial score (nSPS) is 13.2. The quantitative estimate of drug-likeness (QED) is 0.271. The molecule has 0 aromatic heterocycles. The van der Waals surface area contributed by atoms with Gasteiger partial charge in [-0.1, -0.05) is 0 Å². The molecular weight excluding hydrogens is 477 g/mol. The van der Waals surface area contributed by atoms with E-state index in [4.69, 9.17) is 0 Å². The molecule has 0 aliphatic heterocycles. The maximum atomic E-state index is 14.9. The monoisotopic (exact) mass is 485 g/mol. The van der Waals surface area contributed by atoms with Crippen LogP contribution in [0.4, 0.5) is 22.0 Å². The van der Waals surface area contributed by atoms with Crippen molar-refractivity contribution in [1.82, 2.24) is 0 Å². The smallest absolute Gasteiger partial charge is 0.200 e. The van der Waals surface area contributed by atoms with E-state index in [0.29, 0.717) is 0 Å². The number of nitriles is 5. The maximum absolute atomic E-state index is 14.9. The van der Waals surface area contributed by atoms with Crippen LogP contribution in [-0.4, -0.2) is 0 Å². The van der Waals surface area contributed by atoms with Gasteiger partial charge < -0.3 is 0 Å². The molecule has 5 nitrogen and oxygen atoms in total. The Morgan fingerprint density at radius 2 is 0.917 bits per heavy atom. The van der Waals surface area contributed by atoms with Crippen molar-refractivity contribution >= 4 is 0 Å². The molecule has 1 atom stereocenters. The lowest BCUT2D eigenvalue weighted by Gasteiger charge is -2.33. The summed E-state index contributed by atoms with van der Waals surface area (Å²) in [5.74, 6) is -13.3. The number of benzene rings is 3. The molecule has 0 spiro atoms. The lowest BCUT2D eigenvalue weighted by molar-refractivity contribution is 0.358. The van der Waals surface area contributed by atoms with E-state index in [1.165, 1.54) is 31.2 Å². The van der Waals surface area contributed by atoms with Crippen molar-refractivity contribution in [3.63, 3.8) is 0 Å². The van der Waals surface area contributed by atoms with Crippen molar-refractivity contribution in [2.45, 2.75) is 18.3 Å². The van der Waals surface area contributed by atoms with Crippen LogP contribution in [0.1, 0.15) is 51.8 Å². The van der Waals surface area contributed by atoms with Gasteiger partial charge in [0.25, 0.3) is 0 Å². The number of fused-ring (bicyclic) bond motifs is 3. The van der Waals surface area contributed by atoms with Crippen molar-refractivity contribution < 1.29 is 22.0 Å². The molecule has 0 amide bonds. The SMILES string of the molecule is CC1(C(C#N)c2c(F)c(F)c(F)c(F)c2F)c2cc(C#N)c(C#N)cc2-c2cc(C#N)c(C#N)cc21. The van der Waals surface area contributed by atoms with Gasteiger partial charge in [-0.3, -0.25) is 0 Å². The Bertz CT molecular complexity index is 1610. The van der Waals surface area contributed by atoms with Gasteiger partial charge in [-0.05, 0) is 53.4 Å². The van der Waals surface area contributed by atoms with Crippen molar-refractivity contribution in [2.75, 3.05) is 0 Å². The highest BCUT2D eigenvalue weighted by atomic mass is 19.2. The standard InChI is InChI=1S/C26H8F5N5/c1-26(19(10-36)20-21(27)23(29)25(31)24(30)22(20)28)17-4-13(8-34)11(6-32)2-15(17)16-3-12(7-33)14(9-35)5-18(16)26/h2-5,19H,1H3. The third-order valence-corrected chi connectivity index (χ3v) is 6.45. The number of nitrogens with zero attached hydrogens (tertiary/aromatic N) is 5. The first-order chi connectivity index (χ1) is 17.1. The summed E-state index contributed by atoms with van der Waals surface area (Å²) in [4.78, 5) is 0. The van der Waals surface area contributed by atoms with Crippen LogP contribution in [0.2, 0.25) is 0 Å². The number of rotatable bonds is 2. The van der Waals surface area contributed by atoms with Gasteiger partial charge in [0.1, 0.15) is 24.3 Å². The highest BCUT2D eigenvalue weighted by molar-refractivity contribution is 5.85. The van der Waals surface area contributed by atoms with Crippen LogP contribution in [0.25, 0.3) is 11.1 Å². The van der Waals surface area contributed by atoms with Crippen LogP contribution in [0, 0.1) is 85.7 Å². The zero-order valence-corrected chi connectivity index (χ0v) is 18.0. The first-order valence-corrected chi connectivity index (χ1v) is 9.99. The topological polar surface area (TPSA) is 119 Å². The minimum atomic E-state index is -2.39. The first kappa shape index (κ1) is 23.9.